The van der Waals surface area contributed by atoms with Gasteiger partial charge in [-0.3, -0.25) is 14.5 Å². The van der Waals surface area contributed by atoms with Crippen molar-refractivity contribution < 1.29 is 19.1 Å². The largest absolute Gasteiger partial charge is 0.457 e. The maximum atomic E-state index is 13.6. The van der Waals surface area contributed by atoms with Crippen molar-refractivity contribution in [1.82, 2.24) is 21.3 Å². The Morgan fingerprint density at radius 3 is 2.54 bits per heavy atom. The predicted molar refractivity (Wildman–Crippen MR) is 150 cm³/mol. The summed E-state index contributed by atoms with van der Waals surface area (Å²) in [5.41, 5.74) is 2.48. The molecule has 0 radical (unpaired) electrons. The summed E-state index contributed by atoms with van der Waals surface area (Å²) < 4.78 is 6.00. The Kier molecular flexibility index (Phi) is 6.99. The van der Waals surface area contributed by atoms with Crippen molar-refractivity contribution in [2.24, 2.45) is 5.92 Å². The molecule has 3 unspecified atom stereocenters. The standard InChI is InChI=1S/C29H33N5O4S/c1-16-15-19(38-18-7-4-3-5-8-18)11-12-22(16)34-23-13-14-30-28-24(23)25(33-29(34)37)26(39-28)27(36)32-21-10-6-9-20(21)31-17(2)35/h3-5,7-8,11-12,15,20-21,23-24,28,30H,6,9-10,13-14H2,1-2H3,(H,31,35)(H,32,36)(H,33,37)/t20-,21-,23?,24?,28?/m0/s1. The number of hydrogen-bond donors (Lipinski definition) is 4. The molecule has 3 heterocycles. The average molecular weight is 548 g/mol. The van der Waals surface area contributed by atoms with Crippen molar-refractivity contribution >= 4 is 35.3 Å². The zero-order valence-electron chi connectivity index (χ0n) is 22.0. The van der Waals surface area contributed by atoms with Gasteiger partial charge in [-0.1, -0.05) is 30.0 Å². The van der Waals surface area contributed by atoms with Gasteiger partial charge < -0.3 is 26.0 Å². The van der Waals surface area contributed by atoms with Gasteiger partial charge in [0.15, 0.2) is 0 Å². The van der Waals surface area contributed by atoms with E-state index in [2.05, 4.69) is 21.3 Å². The number of hydrogen-bond acceptors (Lipinski definition) is 6. The first-order valence-corrected chi connectivity index (χ1v) is 14.4. The van der Waals surface area contributed by atoms with Crippen LogP contribution in [0, 0.1) is 12.8 Å². The number of aryl methyl sites for hydroxylation is 1. The fourth-order valence-corrected chi connectivity index (χ4v) is 7.69. The molecule has 9 nitrogen and oxygen atoms in total. The van der Waals surface area contributed by atoms with Crippen molar-refractivity contribution in [3.63, 3.8) is 0 Å². The first kappa shape index (κ1) is 25.8. The summed E-state index contributed by atoms with van der Waals surface area (Å²) in [5, 5.41) is 12.7. The topological polar surface area (TPSA) is 112 Å². The molecule has 1 saturated carbocycles. The average Bonchev–Trinajstić information content (AvgIpc) is 3.50. The van der Waals surface area contributed by atoms with Crippen LogP contribution in [-0.4, -0.2) is 47.9 Å². The van der Waals surface area contributed by atoms with Crippen LogP contribution in [0.1, 0.15) is 38.2 Å². The summed E-state index contributed by atoms with van der Waals surface area (Å²) in [6, 6.07) is 14.9. The number of piperidine rings is 1. The van der Waals surface area contributed by atoms with Gasteiger partial charge in [0.1, 0.15) is 11.5 Å². The molecule has 10 heteroatoms. The molecule has 5 atom stereocenters. The number of nitrogens with one attached hydrogen (secondary N) is 4. The van der Waals surface area contributed by atoms with Crippen molar-refractivity contribution in [3.8, 4) is 11.5 Å². The molecular formula is C29H33N5O4S. The van der Waals surface area contributed by atoms with Crippen molar-refractivity contribution in [2.75, 3.05) is 11.4 Å². The zero-order valence-corrected chi connectivity index (χ0v) is 22.8. The zero-order chi connectivity index (χ0) is 27.1. The number of rotatable bonds is 6. The highest BCUT2D eigenvalue weighted by molar-refractivity contribution is 8.04. The fourth-order valence-electron chi connectivity index (χ4n) is 6.29. The van der Waals surface area contributed by atoms with Crippen LogP contribution in [0.25, 0.3) is 0 Å². The first-order valence-electron chi connectivity index (χ1n) is 13.5. The van der Waals surface area contributed by atoms with E-state index in [1.165, 1.54) is 18.7 Å². The normalized spacial score (nSPS) is 27.6. The number of anilines is 1. The summed E-state index contributed by atoms with van der Waals surface area (Å²) in [5.74, 6) is 1.16. The third kappa shape index (κ3) is 4.98. The minimum atomic E-state index is -0.225. The smallest absolute Gasteiger partial charge is 0.326 e. The van der Waals surface area contributed by atoms with E-state index in [0.717, 1.165) is 49.2 Å². The Hall–Kier alpha value is -3.50. The van der Waals surface area contributed by atoms with E-state index >= 15 is 0 Å². The van der Waals surface area contributed by atoms with Crippen molar-refractivity contribution in [1.29, 1.82) is 0 Å². The van der Waals surface area contributed by atoms with Gasteiger partial charge in [0.25, 0.3) is 5.91 Å². The number of ether oxygens (including phenoxy) is 1. The lowest BCUT2D eigenvalue weighted by Crippen LogP contribution is -2.62. The molecule has 4 N–H and O–H groups in total. The van der Waals surface area contributed by atoms with Crippen molar-refractivity contribution in [3.05, 3.63) is 64.7 Å². The lowest BCUT2D eigenvalue weighted by Gasteiger charge is -2.46. The third-order valence-electron chi connectivity index (χ3n) is 7.98. The second-order valence-corrected chi connectivity index (χ2v) is 11.8. The molecule has 39 heavy (non-hydrogen) atoms. The third-order valence-corrected chi connectivity index (χ3v) is 9.33. The number of urea groups is 1. The Morgan fingerprint density at radius 2 is 1.79 bits per heavy atom. The second-order valence-electron chi connectivity index (χ2n) is 10.6. The summed E-state index contributed by atoms with van der Waals surface area (Å²) in [6.45, 7) is 4.24. The van der Waals surface area contributed by atoms with Gasteiger partial charge in [0, 0.05) is 36.3 Å². The number of para-hydroxylation sites is 1. The van der Waals surface area contributed by atoms with Crippen molar-refractivity contribution in [2.45, 2.75) is 63.0 Å². The number of thioether (sulfide) groups is 1. The summed E-state index contributed by atoms with van der Waals surface area (Å²) in [7, 11) is 0. The molecule has 2 aromatic rings. The highest BCUT2D eigenvalue weighted by Crippen LogP contribution is 2.48. The summed E-state index contributed by atoms with van der Waals surface area (Å²) in [6.07, 6.45) is 3.40. The fraction of sp³-hybridized carbons (Fsp3) is 0.414. The molecule has 1 aliphatic carbocycles. The molecule has 4 amide bonds. The number of nitrogens with zero attached hydrogens (tertiary/aromatic N) is 1. The quantitative estimate of drug-likeness (QED) is 0.438. The maximum Gasteiger partial charge on any atom is 0.326 e. The summed E-state index contributed by atoms with van der Waals surface area (Å²) in [4.78, 5) is 41.1. The molecule has 3 fully saturated rings. The van der Waals surface area contributed by atoms with Gasteiger partial charge in [-0.05, 0) is 75.0 Å². The number of carbonyl (C=O) groups is 3. The predicted octanol–water partition coefficient (Wildman–Crippen LogP) is 3.75. The number of carbonyl (C=O) groups excluding carboxylic acids is 3. The number of benzene rings is 2. The van der Waals surface area contributed by atoms with Gasteiger partial charge >= 0.3 is 6.03 Å². The molecule has 6 rings (SSSR count). The van der Waals surface area contributed by atoms with Crippen LogP contribution in [0.5, 0.6) is 11.5 Å². The van der Waals surface area contributed by atoms with Gasteiger partial charge in [-0.15, -0.1) is 0 Å². The van der Waals surface area contributed by atoms with E-state index < -0.39 is 0 Å². The minimum absolute atomic E-state index is 0.00156. The highest BCUT2D eigenvalue weighted by Gasteiger charge is 2.52. The monoisotopic (exact) mass is 547 g/mol. The molecule has 2 saturated heterocycles. The van der Waals surface area contributed by atoms with Crippen LogP contribution < -0.4 is 30.9 Å². The van der Waals surface area contributed by atoms with E-state index in [-0.39, 0.29) is 47.3 Å². The van der Waals surface area contributed by atoms with E-state index in [4.69, 9.17) is 4.74 Å². The van der Waals surface area contributed by atoms with Crippen LogP contribution in [0.3, 0.4) is 0 Å². The number of amides is 4. The van der Waals surface area contributed by atoms with Crippen LogP contribution >= 0.6 is 11.8 Å². The highest BCUT2D eigenvalue weighted by atomic mass is 32.2. The van der Waals surface area contributed by atoms with Crippen LogP contribution in [0.4, 0.5) is 10.5 Å². The van der Waals surface area contributed by atoms with Gasteiger partial charge in [-0.25, -0.2) is 4.79 Å². The van der Waals surface area contributed by atoms with Gasteiger partial charge in [0.05, 0.1) is 16.3 Å². The van der Waals surface area contributed by atoms with E-state index in [0.29, 0.717) is 16.4 Å². The van der Waals surface area contributed by atoms with Crippen LogP contribution in [-0.2, 0) is 9.59 Å². The molecule has 0 spiro atoms. The van der Waals surface area contributed by atoms with E-state index in [9.17, 15) is 14.4 Å². The van der Waals surface area contributed by atoms with Gasteiger partial charge in [-0.2, -0.15) is 0 Å². The maximum absolute atomic E-state index is 13.6. The Balaban J connectivity index is 1.23. The van der Waals surface area contributed by atoms with E-state index in [1.807, 2.05) is 60.4 Å². The second kappa shape index (κ2) is 10.6. The Bertz CT molecular complexity index is 1330. The lowest BCUT2D eigenvalue weighted by molar-refractivity contribution is -0.121. The molecular weight excluding hydrogens is 514 g/mol. The minimum Gasteiger partial charge on any atom is -0.457 e. The Morgan fingerprint density at radius 1 is 1.03 bits per heavy atom. The molecule has 0 aromatic heterocycles. The van der Waals surface area contributed by atoms with Crippen LogP contribution in [0.15, 0.2) is 59.1 Å². The molecule has 204 valence electrons. The lowest BCUT2D eigenvalue weighted by atomic mass is 9.86. The molecule has 2 aromatic carbocycles. The molecule has 4 aliphatic rings. The van der Waals surface area contributed by atoms with Gasteiger partial charge in [0.2, 0.25) is 5.91 Å². The Labute approximate surface area is 232 Å². The molecule has 0 bridgehead atoms. The SMILES string of the molecule is CC(=O)N[C@H]1CCC[C@@H]1NC(=O)C1=C2NC(=O)N(c3ccc(Oc4ccccc4)cc3C)C3CCNC(S1)C23. The van der Waals surface area contributed by atoms with Crippen LogP contribution in [0.2, 0.25) is 0 Å². The van der Waals surface area contributed by atoms with E-state index in [1.54, 1.807) is 0 Å². The summed E-state index contributed by atoms with van der Waals surface area (Å²) >= 11 is 1.49. The molecule has 3 aliphatic heterocycles. The first-order chi connectivity index (χ1) is 18.9.